The molecule has 10 nitrogen and oxygen atoms in total. The van der Waals surface area contributed by atoms with E-state index < -0.39 is 53.5 Å². The van der Waals surface area contributed by atoms with Crippen LogP contribution in [0.5, 0.6) is 0 Å². The molecule has 11 heteroatoms. The van der Waals surface area contributed by atoms with E-state index in [1.54, 1.807) is 54.6 Å². The van der Waals surface area contributed by atoms with Crippen LogP contribution in [0.1, 0.15) is 24.5 Å². The van der Waals surface area contributed by atoms with Crippen molar-refractivity contribution in [1.29, 1.82) is 0 Å². The number of esters is 1. The first kappa shape index (κ1) is 29.1. The van der Waals surface area contributed by atoms with Gasteiger partial charge in [0.1, 0.15) is 23.7 Å². The van der Waals surface area contributed by atoms with Crippen LogP contribution in [0.3, 0.4) is 0 Å². The number of amides is 3. The molecule has 2 aromatic rings. The first-order valence-electron chi connectivity index (χ1n) is 14.4. The lowest BCUT2D eigenvalue weighted by Gasteiger charge is -2.35. The first-order valence-corrected chi connectivity index (χ1v) is 14.7. The first-order chi connectivity index (χ1) is 20.8. The summed E-state index contributed by atoms with van der Waals surface area (Å²) < 4.78 is 12.4. The second-order valence-electron chi connectivity index (χ2n) is 11.0. The van der Waals surface area contributed by atoms with Gasteiger partial charge in [-0.05, 0) is 36.2 Å². The monoisotopic (exact) mass is 605 g/mol. The number of hydrogen-bond donors (Lipinski definition) is 2. The lowest BCUT2D eigenvalue weighted by molar-refractivity contribution is -0.159. The molecule has 224 valence electrons. The van der Waals surface area contributed by atoms with Crippen LogP contribution in [-0.2, 0) is 28.7 Å². The number of anilines is 1. The van der Waals surface area contributed by atoms with Crippen LogP contribution in [0, 0.1) is 11.8 Å². The van der Waals surface area contributed by atoms with E-state index in [-0.39, 0.29) is 38.6 Å². The molecule has 0 aliphatic carbocycles. The van der Waals surface area contributed by atoms with Crippen LogP contribution >= 0.6 is 11.6 Å². The number of fused-ring (bicyclic) bond motifs is 2. The van der Waals surface area contributed by atoms with Crippen molar-refractivity contribution in [3.63, 3.8) is 0 Å². The number of β-amino-alcohol motifs (C(OH)–C–C–N with tert-alkyl or cyclic N) is 1. The highest BCUT2D eigenvalue weighted by atomic mass is 35.5. The molecule has 0 radical (unpaired) electrons. The van der Waals surface area contributed by atoms with E-state index in [4.69, 9.17) is 21.1 Å². The maximum Gasteiger partial charge on any atom is 0.313 e. The summed E-state index contributed by atoms with van der Waals surface area (Å²) in [4.78, 5) is 57.9. The quantitative estimate of drug-likeness (QED) is 0.405. The molecule has 2 fully saturated rings. The van der Waals surface area contributed by atoms with Gasteiger partial charge in [0.15, 0.2) is 0 Å². The van der Waals surface area contributed by atoms with Crippen molar-refractivity contribution >= 4 is 41.0 Å². The van der Waals surface area contributed by atoms with Gasteiger partial charge in [0.05, 0.1) is 25.2 Å². The fraction of sp³-hybridized carbons (Fsp3) is 0.375. The van der Waals surface area contributed by atoms with Crippen LogP contribution in [0.15, 0.2) is 78.9 Å². The molecule has 5 bridgehead atoms. The zero-order valence-corrected chi connectivity index (χ0v) is 24.1. The largest absolute Gasteiger partial charge is 0.455 e. The molecule has 43 heavy (non-hydrogen) atoms. The smallest absolute Gasteiger partial charge is 0.313 e. The summed E-state index contributed by atoms with van der Waals surface area (Å²) in [5.41, 5.74) is -0.185. The Morgan fingerprint density at radius 2 is 1.77 bits per heavy atom. The number of aliphatic hydroxyl groups is 1. The molecule has 3 amide bonds. The molecule has 0 aromatic heterocycles. The molecular formula is C32H32ClN3O7. The molecule has 2 saturated heterocycles. The number of nitrogens with one attached hydrogen (secondary N) is 1. The van der Waals surface area contributed by atoms with Crippen LogP contribution in [0.25, 0.3) is 0 Å². The van der Waals surface area contributed by atoms with Gasteiger partial charge >= 0.3 is 5.97 Å². The number of halogens is 1. The van der Waals surface area contributed by atoms with Gasteiger partial charge < -0.3 is 29.7 Å². The fourth-order valence-corrected chi connectivity index (χ4v) is 6.70. The van der Waals surface area contributed by atoms with E-state index in [9.17, 15) is 24.3 Å². The predicted molar refractivity (Wildman–Crippen MR) is 157 cm³/mol. The SMILES string of the molecule is O=C1CC/C=C\CN(c2ccc(Cl)cc2)C(=O)[C@@H]2N(CCO)C(=O)[C@H]3[C@H](C(=O)O[C@H](c4ccccc4)CN1)[C@@H]1C=C[C@]23O1. The zero-order chi connectivity index (χ0) is 30.1. The van der Waals surface area contributed by atoms with E-state index >= 15 is 0 Å². The molecule has 6 atom stereocenters. The fourth-order valence-electron chi connectivity index (χ4n) is 6.58. The maximum atomic E-state index is 14.5. The summed E-state index contributed by atoms with van der Waals surface area (Å²) in [6.45, 7) is -0.287. The Labute approximate surface area is 253 Å². The molecule has 2 aromatic carbocycles. The molecule has 4 aliphatic rings. The Bertz CT molecular complexity index is 1460. The van der Waals surface area contributed by atoms with Gasteiger partial charge in [0.25, 0.3) is 5.91 Å². The highest BCUT2D eigenvalue weighted by Crippen LogP contribution is 2.55. The minimum atomic E-state index is -1.42. The lowest BCUT2D eigenvalue weighted by Crippen LogP contribution is -2.56. The number of carbonyl (C=O) groups excluding carboxylic acids is 4. The minimum absolute atomic E-state index is 0.0538. The van der Waals surface area contributed by atoms with E-state index in [2.05, 4.69) is 5.32 Å². The number of ether oxygens (including phenoxy) is 2. The van der Waals surface area contributed by atoms with Gasteiger partial charge in [0.2, 0.25) is 11.8 Å². The third-order valence-corrected chi connectivity index (χ3v) is 8.78. The number of cyclic esters (lactones) is 1. The molecule has 6 rings (SSSR count). The van der Waals surface area contributed by atoms with Crippen LogP contribution < -0.4 is 10.2 Å². The van der Waals surface area contributed by atoms with Crippen molar-refractivity contribution in [3.05, 3.63) is 89.5 Å². The van der Waals surface area contributed by atoms with Gasteiger partial charge in [-0.2, -0.15) is 0 Å². The van der Waals surface area contributed by atoms with Crippen molar-refractivity contribution in [1.82, 2.24) is 10.2 Å². The number of carbonyl (C=O) groups is 4. The molecule has 1 spiro atoms. The van der Waals surface area contributed by atoms with Crippen LogP contribution in [0.2, 0.25) is 5.02 Å². The number of allylic oxidation sites excluding steroid dienone is 1. The predicted octanol–water partition coefficient (Wildman–Crippen LogP) is 2.57. The van der Waals surface area contributed by atoms with E-state index in [0.717, 1.165) is 0 Å². The number of rotatable bonds is 4. The second-order valence-corrected chi connectivity index (χ2v) is 11.5. The standard InChI is InChI=1S/C32H32ClN3O7/c33-21-10-12-22(13-11-21)35-16-6-2-5-9-25(38)34-19-24(20-7-3-1-4-8-20)42-31(41)26-23-14-15-32(43-23)27(26)29(39)36(17-18-37)28(32)30(35)40/h1-4,6-8,10-15,23-24,26-28,37H,5,9,16-19H2,(H,34,38)/b6-2-/t23-,24-,26+,27+,28-,32+/m0/s1. The lowest BCUT2D eigenvalue weighted by atomic mass is 9.74. The van der Waals surface area contributed by atoms with Gasteiger partial charge in [-0.15, -0.1) is 0 Å². The summed E-state index contributed by atoms with van der Waals surface area (Å²) in [7, 11) is 0. The number of likely N-dealkylation sites (tertiary alicyclic amines) is 1. The van der Waals surface area contributed by atoms with Crippen molar-refractivity contribution in [2.75, 3.05) is 31.1 Å². The zero-order valence-electron chi connectivity index (χ0n) is 23.3. The van der Waals surface area contributed by atoms with Crippen LogP contribution in [-0.4, -0.2) is 77.7 Å². The van der Waals surface area contributed by atoms with E-state index in [1.165, 1.54) is 9.80 Å². The topological polar surface area (TPSA) is 125 Å². The molecule has 4 aliphatic heterocycles. The average molecular weight is 606 g/mol. The number of nitrogens with zero attached hydrogens (tertiary/aromatic N) is 2. The van der Waals surface area contributed by atoms with Gasteiger partial charge in [-0.3, -0.25) is 19.2 Å². The highest BCUT2D eigenvalue weighted by Gasteiger charge is 2.73. The third kappa shape index (κ3) is 5.24. The Balaban J connectivity index is 1.42. The van der Waals surface area contributed by atoms with Crippen molar-refractivity contribution in [3.8, 4) is 0 Å². The molecule has 0 unspecified atom stereocenters. The highest BCUT2D eigenvalue weighted by molar-refractivity contribution is 6.30. The summed E-state index contributed by atoms with van der Waals surface area (Å²) >= 11 is 6.12. The normalized spacial score (nSPS) is 31.6. The minimum Gasteiger partial charge on any atom is -0.455 e. The average Bonchev–Trinajstić information content (AvgIpc) is 3.65. The molecule has 0 saturated carbocycles. The van der Waals surface area contributed by atoms with Gasteiger partial charge in [-0.1, -0.05) is 66.2 Å². The van der Waals surface area contributed by atoms with Crippen LogP contribution in [0.4, 0.5) is 5.69 Å². The Morgan fingerprint density at radius 1 is 1.00 bits per heavy atom. The Hall–Kier alpha value is -3.99. The van der Waals surface area contributed by atoms with Crippen molar-refractivity contribution in [2.45, 2.75) is 36.7 Å². The van der Waals surface area contributed by atoms with Crippen molar-refractivity contribution in [2.24, 2.45) is 11.8 Å². The number of benzene rings is 2. The third-order valence-electron chi connectivity index (χ3n) is 8.53. The summed E-state index contributed by atoms with van der Waals surface area (Å²) in [5, 5.41) is 13.3. The Morgan fingerprint density at radius 3 is 2.51 bits per heavy atom. The number of aliphatic hydroxyl groups excluding tert-OH is 1. The number of hydrogen-bond acceptors (Lipinski definition) is 7. The van der Waals surface area contributed by atoms with E-state index in [0.29, 0.717) is 22.7 Å². The summed E-state index contributed by atoms with van der Waals surface area (Å²) in [6, 6.07) is 14.7. The van der Waals surface area contributed by atoms with Gasteiger partial charge in [-0.25, -0.2) is 0 Å². The van der Waals surface area contributed by atoms with E-state index in [1.807, 2.05) is 24.3 Å². The molecule has 4 heterocycles. The van der Waals surface area contributed by atoms with Crippen molar-refractivity contribution < 1.29 is 33.8 Å². The second kappa shape index (κ2) is 11.9. The summed E-state index contributed by atoms with van der Waals surface area (Å²) in [6.07, 6.45) is 6.09. The Kier molecular flexibility index (Phi) is 8.09. The molecular weight excluding hydrogens is 574 g/mol. The van der Waals surface area contributed by atoms with Gasteiger partial charge in [0, 0.05) is 30.2 Å². The molecule has 2 N–H and O–H groups in total. The summed E-state index contributed by atoms with van der Waals surface area (Å²) in [5.74, 6) is -3.80. The maximum absolute atomic E-state index is 14.5.